The quantitative estimate of drug-likeness (QED) is 0.624. The van der Waals surface area contributed by atoms with E-state index in [0.29, 0.717) is 11.1 Å². The van der Waals surface area contributed by atoms with E-state index in [0.717, 1.165) is 0 Å². The van der Waals surface area contributed by atoms with E-state index in [9.17, 15) is 18.9 Å². The van der Waals surface area contributed by atoms with Gasteiger partial charge in [0.25, 0.3) is 5.69 Å². The minimum atomic E-state index is -3.69. The zero-order valence-corrected chi connectivity index (χ0v) is 9.80. The summed E-state index contributed by atoms with van der Waals surface area (Å²) in [7, 11) is 0. The van der Waals surface area contributed by atoms with E-state index >= 15 is 0 Å². The van der Waals surface area contributed by atoms with Crippen LogP contribution in [0.1, 0.15) is 0 Å². The van der Waals surface area contributed by atoms with Crippen molar-refractivity contribution >= 4 is 5.69 Å². The van der Waals surface area contributed by atoms with Crippen molar-refractivity contribution in [3.63, 3.8) is 0 Å². The van der Waals surface area contributed by atoms with Gasteiger partial charge in [0.15, 0.2) is 11.5 Å². The average molecular weight is 278 g/mol. The molecule has 20 heavy (non-hydrogen) atoms. The molecule has 1 aliphatic heterocycles. The van der Waals surface area contributed by atoms with Gasteiger partial charge in [0.2, 0.25) is 0 Å². The fourth-order valence-corrected chi connectivity index (χ4v) is 1.82. The van der Waals surface area contributed by atoms with Gasteiger partial charge in [0.1, 0.15) is 0 Å². The molecule has 1 heterocycles. The topological polar surface area (TPSA) is 61.6 Å². The molecule has 1 aliphatic rings. The first kappa shape index (κ1) is 12.3. The molecular weight excluding hydrogens is 272 g/mol. The number of hydrogen-bond donors (Lipinski definition) is 0. The number of benzene rings is 2. The molecule has 0 fully saturated rings. The zero-order valence-electron chi connectivity index (χ0n) is 9.80. The van der Waals surface area contributed by atoms with Gasteiger partial charge in [-0.15, -0.1) is 8.78 Å². The number of halogens is 2. The molecule has 0 bridgehead atoms. The van der Waals surface area contributed by atoms with Crippen LogP contribution in [-0.4, -0.2) is 11.2 Å². The Balaban J connectivity index is 1.94. The standard InChI is InChI=1S/C13H6F2NO4/c14-13(15)19-11-6-3-9(7-12(11)20-13)8-1-4-10(5-2-8)16(17)18/h1-6H. The highest BCUT2D eigenvalue weighted by atomic mass is 19.3. The monoisotopic (exact) mass is 278 g/mol. The molecule has 7 heteroatoms. The molecule has 2 aromatic carbocycles. The lowest BCUT2D eigenvalue weighted by Gasteiger charge is -2.04. The Labute approximate surface area is 111 Å². The molecule has 0 saturated heterocycles. The van der Waals surface area contributed by atoms with Crippen molar-refractivity contribution in [3.05, 3.63) is 52.6 Å². The third kappa shape index (κ3) is 2.13. The van der Waals surface area contributed by atoms with Gasteiger partial charge in [-0.25, -0.2) is 0 Å². The number of nitrogens with zero attached hydrogens (tertiary/aromatic N) is 1. The number of nitro benzene ring substituents is 1. The van der Waals surface area contributed by atoms with Crippen molar-refractivity contribution in [1.29, 1.82) is 0 Å². The van der Waals surface area contributed by atoms with Crippen LogP contribution in [-0.2, 0) is 0 Å². The maximum absolute atomic E-state index is 12.9. The third-order valence-electron chi connectivity index (χ3n) is 2.71. The Bertz CT molecular complexity index is 685. The summed E-state index contributed by atoms with van der Waals surface area (Å²) in [5.74, 6) is -0.286. The first-order chi connectivity index (χ1) is 9.44. The summed E-state index contributed by atoms with van der Waals surface area (Å²) in [6.45, 7) is 0. The summed E-state index contributed by atoms with van der Waals surface area (Å²) in [6.07, 6.45) is -3.69. The van der Waals surface area contributed by atoms with Gasteiger partial charge < -0.3 is 9.47 Å². The van der Waals surface area contributed by atoms with Gasteiger partial charge in [0, 0.05) is 18.2 Å². The number of hydrogen-bond acceptors (Lipinski definition) is 4. The van der Waals surface area contributed by atoms with Crippen LogP contribution >= 0.6 is 0 Å². The van der Waals surface area contributed by atoms with Crippen molar-refractivity contribution in [2.75, 3.05) is 0 Å². The maximum atomic E-state index is 12.9. The minimum absolute atomic E-state index is 0.0546. The SMILES string of the molecule is O=[N+]([O-])c1ccc(-c2[c]c3c(cc2)OC(F)(F)O3)cc1. The Morgan fingerprint density at radius 3 is 2.45 bits per heavy atom. The molecule has 0 saturated carbocycles. The number of fused-ring (bicyclic) bond motifs is 1. The number of non-ortho nitro benzene ring substituents is 1. The molecule has 0 unspecified atom stereocenters. The van der Waals surface area contributed by atoms with Crippen molar-refractivity contribution in [2.45, 2.75) is 6.29 Å². The number of alkyl halides is 2. The molecule has 0 aliphatic carbocycles. The summed E-state index contributed by atoms with van der Waals surface area (Å²) < 4.78 is 34.3. The van der Waals surface area contributed by atoms with Crippen molar-refractivity contribution < 1.29 is 23.2 Å². The first-order valence-electron chi connectivity index (χ1n) is 5.52. The van der Waals surface area contributed by atoms with Gasteiger partial charge in [-0.3, -0.25) is 10.1 Å². The highest BCUT2D eigenvalue weighted by Crippen LogP contribution is 2.42. The van der Waals surface area contributed by atoms with Gasteiger partial charge in [-0.05, 0) is 35.4 Å². The summed E-state index contributed by atoms with van der Waals surface area (Å²) in [4.78, 5) is 10.0. The second kappa shape index (κ2) is 4.16. The van der Waals surface area contributed by atoms with Crippen LogP contribution in [0.2, 0.25) is 0 Å². The first-order valence-corrected chi connectivity index (χ1v) is 5.52. The van der Waals surface area contributed by atoms with Crippen LogP contribution in [0.5, 0.6) is 11.5 Å². The molecule has 101 valence electrons. The fraction of sp³-hybridized carbons (Fsp3) is 0.0769. The average Bonchev–Trinajstić information content (AvgIpc) is 2.71. The van der Waals surface area contributed by atoms with Crippen LogP contribution < -0.4 is 9.47 Å². The van der Waals surface area contributed by atoms with E-state index in [1.807, 2.05) is 0 Å². The van der Waals surface area contributed by atoms with E-state index in [2.05, 4.69) is 15.5 Å². The summed E-state index contributed by atoms with van der Waals surface area (Å²) in [5.41, 5.74) is 1.01. The Morgan fingerprint density at radius 2 is 1.80 bits per heavy atom. The maximum Gasteiger partial charge on any atom is 0.586 e. The van der Waals surface area contributed by atoms with E-state index in [1.54, 1.807) is 0 Å². The molecule has 0 amide bonds. The predicted octanol–water partition coefficient (Wildman–Crippen LogP) is 3.38. The molecule has 5 nitrogen and oxygen atoms in total. The fourth-order valence-electron chi connectivity index (χ4n) is 1.82. The lowest BCUT2D eigenvalue weighted by Crippen LogP contribution is -2.25. The highest BCUT2D eigenvalue weighted by molar-refractivity contribution is 5.67. The minimum Gasteiger partial charge on any atom is -0.395 e. The van der Waals surface area contributed by atoms with E-state index < -0.39 is 11.2 Å². The van der Waals surface area contributed by atoms with Gasteiger partial charge in [0.05, 0.1) is 4.92 Å². The summed E-state index contributed by atoms with van der Waals surface area (Å²) in [6, 6.07) is 11.2. The number of nitro groups is 1. The van der Waals surface area contributed by atoms with Crippen LogP contribution in [0.4, 0.5) is 14.5 Å². The zero-order chi connectivity index (χ0) is 14.3. The van der Waals surface area contributed by atoms with E-state index in [1.165, 1.54) is 36.4 Å². The Morgan fingerprint density at radius 1 is 1.10 bits per heavy atom. The predicted molar refractivity (Wildman–Crippen MR) is 63.6 cm³/mol. The summed E-state index contributed by atoms with van der Waals surface area (Å²) >= 11 is 0. The van der Waals surface area contributed by atoms with Gasteiger partial charge >= 0.3 is 6.29 Å². The van der Waals surface area contributed by atoms with Gasteiger partial charge in [-0.2, -0.15) is 0 Å². The van der Waals surface area contributed by atoms with Crippen LogP contribution in [0.3, 0.4) is 0 Å². The van der Waals surface area contributed by atoms with E-state index in [4.69, 9.17) is 0 Å². The summed E-state index contributed by atoms with van der Waals surface area (Å²) in [5, 5.41) is 10.6. The van der Waals surface area contributed by atoms with Gasteiger partial charge in [-0.1, -0.05) is 0 Å². The number of ether oxygens (including phenoxy) is 2. The largest absolute Gasteiger partial charge is 0.586 e. The van der Waals surface area contributed by atoms with Crippen molar-refractivity contribution in [3.8, 4) is 22.6 Å². The smallest absolute Gasteiger partial charge is 0.395 e. The van der Waals surface area contributed by atoms with Crippen molar-refractivity contribution in [1.82, 2.24) is 0 Å². The van der Waals surface area contributed by atoms with Crippen molar-refractivity contribution in [2.24, 2.45) is 0 Å². The lowest BCUT2D eigenvalue weighted by molar-refractivity contribution is -0.384. The number of rotatable bonds is 2. The molecule has 3 rings (SSSR count). The molecule has 0 spiro atoms. The molecule has 0 N–H and O–H groups in total. The normalized spacial score (nSPS) is 15.1. The van der Waals surface area contributed by atoms with E-state index in [-0.39, 0.29) is 17.2 Å². The molecule has 0 atom stereocenters. The van der Waals surface area contributed by atoms with Crippen LogP contribution in [0.15, 0.2) is 36.4 Å². The lowest BCUT2D eigenvalue weighted by atomic mass is 10.0. The Kier molecular flexibility index (Phi) is 2.56. The second-order valence-corrected chi connectivity index (χ2v) is 4.04. The Hall–Kier alpha value is -2.70. The molecular formula is C13H6F2NO4. The molecule has 2 aromatic rings. The third-order valence-corrected chi connectivity index (χ3v) is 2.71. The molecule has 0 aromatic heterocycles. The highest BCUT2D eigenvalue weighted by Gasteiger charge is 2.43. The van der Waals surface area contributed by atoms with Crippen LogP contribution in [0.25, 0.3) is 11.1 Å². The second-order valence-electron chi connectivity index (χ2n) is 4.04. The van der Waals surface area contributed by atoms with Crippen LogP contribution in [0, 0.1) is 16.2 Å². The molecule has 1 radical (unpaired) electrons.